The predicted molar refractivity (Wildman–Crippen MR) is 228 cm³/mol. The molecule has 0 atom stereocenters. The highest BCUT2D eigenvalue weighted by molar-refractivity contribution is 7.99. The molecule has 0 heterocycles. The largest absolute Gasteiger partial charge is 0.333 e. The number of hydrogen-bond donors (Lipinski definition) is 4. The third-order valence-electron chi connectivity index (χ3n) is 5.70. The Morgan fingerprint density at radius 3 is 0.740 bits per heavy atom. The highest BCUT2D eigenvalue weighted by Gasteiger charge is 1.94. The third-order valence-corrected chi connectivity index (χ3v) is 6.71. The zero-order valence-electron chi connectivity index (χ0n) is 31.7. The summed E-state index contributed by atoms with van der Waals surface area (Å²) < 4.78 is 0. The van der Waals surface area contributed by atoms with Gasteiger partial charge < -0.3 is 22.9 Å². The van der Waals surface area contributed by atoms with Crippen molar-refractivity contribution in [3.05, 3.63) is 193 Å². The van der Waals surface area contributed by atoms with Crippen molar-refractivity contribution in [1.29, 1.82) is 0 Å². The average Bonchev–Trinajstić information content (AvgIpc) is 3.25. The van der Waals surface area contributed by atoms with E-state index in [-0.39, 0.29) is 0 Å². The first kappa shape index (κ1) is 49.9. The molecule has 8 N–H and O–H groups in total. The summed E-state index contributed by atoms with van der Waals surface area (Å²) in [5, 5.41) is 0. The molecule has 5 heteroatoms. The van der Waals surface area contributed by atoms with Gasteiger partial charge >= 0.3 is 0 Å². The van der Waals surface area contributed by atoms with E-state index in [1.165, 1.54) is 60.2 Å². The van der Waals surface area contributed by atoms with E-state index in [9.17, 15) is 0 Å². The highest BCUT2D eigenvalue weighted by atomic mass is 32.2. The number of rotatable bonds is 5. The van der Waals surface area contributed by atoms with Crippen molar-refractivity contribution >= 4 is 11.8 Å². The molecule has 6 aromatic carbocycles. The molecule has 270 valence electrons. The molecule has 0 bridgehead atoms. The fourth-order valence-electron chi connectivity index (χ4n) is 3.80. The van der Waals surface area contributed by atoms with Crippen LogP contribution in [0.1, 0.15) is 38.8 Å². The van der Waals surface area contributed by atoms with Crippen molar-refractivity contribution in [3.63, 3.8) is 0 Å². The van der Waals surface area contributed by atoms with Gasteiger partial charge in [0.25, 0.3) is 0 Å². The van der Waals surface area contributed by atoms with Crippen molar-refractivity contribution in [2.24, 2.45) is 22.9 Å². The fraction of sp³-hybridized carbons (Fsp3) is 0.200. The SMILES string of the molecule is CC.CC.CN.CN.CN.CN.c1ccc(-c2ccccc2)cc1.c1ccc(Cc2ccccc2)cc1.c1ccc(Sc2ccccc2)cc1. The molecule has 0 fully saturated rings. The molecule has 0 unspecified atom stereocenters. The number of nitrogens with two attached hydrogens (primary N) is 4. The van der Waals surface area contributed by atoms with Crippen LogP contribution in [0.4, 0.5) is 0 Å². The minimum Gasteiger partial charge on any atom is -0.333 e. The minimum atomic E-state index is 1.03. The Kier molecular flexibility index (Phi) is 40.6. The molecule has 4 nitrogen and oxygen atoms in total. The van der Waals surface area contributed by atoms with Crippen molar-refractivity contribution in [2.75, 3.05) is 28.2 Å². The molecular formula is C45H64N4S. The van der Waals surface area contributed by atoms with Gasteiger partial charge in [-0.3, -0.25) is 0 Å². The smallest absolute Gasteiger partial charge is 0.0122 e. The Hall–Kier alpha value is -4.49. The summed E-state index contributed by atoms with van der Waals surface area (Å²) in [5.74, 6) is 0. The van der Waals surface area contributed by atoms with Gasteiger partial charge in [0.15, 0.2) is 0 Å². The van der Waals surface area contributed by atoms with E-state index in [0.717, 1.165) is 6.42 Å². The molecule has 0 aromatic heterocycles. The zero-order valence-corrected chi connectivity index (χ0v) is 32.6. The molecule has 0 saturated heterocycles. The summed E-state index contributed by atoms with van der Waals surface area (Å²) in [6, 6.07) is 62.7. The first-order chi connectivity index (χ1) is 24.9. The fourth-order valence-corrected chi connectivity index (χ4v) is 4.66. The van der Waals surface area contributed by atoms with E-state index < -0.39 is 0 Å². The van der Waals surface area contributed by atoms with Gasteiger partial charge in [0.05, 0.1) is 0 Å². The maximum Gasteiger partial charge on any atom is 0.0122 e. The Bertz CT molecular complexity index is 1230. The maximum absolute atomic E-state index is 4.50. The summed E-state index contributed by atoms with van der Waals surface area (Å²) in [6.45, 7) is 8.00. The van der Waals surface area contributed by atoms with Crippen molar-refractivity contribution in [1.82, 2.24) is 0 Å². The van der Waals surface area contributed by atoms with Gasteiger partial charge in [-0.1, -0.05) is 197 Å². The third kappa shape index (κ3) is 25.5. The molecule has 0 radical (unpaired) electrons. The number of benzene rings is 6. The van der Waals surface area contributed by atoms with Crippen LogP contribution in [0.15, 0.2) is 192 Å². The molecule has 0 saturated carbocycles. The monoisotopic (exact) mass is 692 g/mol. The second-order valence-corrected chi connectivity index (χ2v) is 9.76. The second kappa shape index (κ2) is 40.7. The van der Waals surface area contributed by atoms with Crippen LogP contribution >= 0.6 is 11.8 Å². The van der Waals surface area contributed by atoms with Crippen molar-refractivity contribution in [3.8, 4) is 11.1 Å². The van der Waals surface area contributed by atoms with Crippen LogP contribution < -0.4 is 22.9 Å². The Morgan fingerprint density at radius 1 is 0.300 bits per heavy atom. The van der Waals surface area contributed by atoms with Crippen LogP contribution in [0, 0.1) is 0 Å². The Morgan fingerprint density at radius 2 is 0.500 bits per heavy atom. The standard InChI is InChI=1S/C13H12.C12H10S.C12H10.2C2H6.4CH5N/c1-3-7-12(8-4-1)11-13-9-5-2-6-10-13;1-3-7-11(8-4-1)13-12-9-5-2-6-10-12;1-3-7-11(8-4-1)12-9-5-2-6-10-12;6*1-2/h1-10H,11H2;1-10H;1-10H;2*1-2H3;4*2H2,1H3. The van der Waals surface area contributed by atoms with Crippen LogP contribution in [-0.4, -0.2) is 28.2 Å². The van der Waals surface area contributed by atoms with E-state index in [1.54, 1.807) is 11.8 Å². The van der Waals surface area contributed by atoms with Gasteiger partial charge in [-0.15, -0.1) is 0 Å². The molecule has 6 rings (SSSR count). The topological polar surface area (TPSA) is 104 Å². The van der Waals surface area contributed by atoms with Crippen LogP contribution in [0.5, 0.6) is 0 Å². The quantitative estimate of drug-likeness (QED) is 0.144. The molecular weight excluding hydrogens is 629 g/mol. The lowest BCUT2D eigenvalue weighted by molar-refractivity contribution is 1.19. The van der Waals surface area contributed by atoms with E-state index in [1.807, 2.05) is 52.0 Å². The highest BCUT2D eigenvalue weighted by Crippen LogP contribution is 2.26. The molecule has 0 aliphatic heterocycles. The van der Waals surface area contributed by atoms with Crippen LogP contribution in [0.3, 0.4) is 0 Å². The van der Waals surface area contributed by atoms with Crippen LogP contribution in [0.25, 0.3) is 11.1 Å². The molecule has 50 heavy (non-hydrogen) atoms. The normalized spacial score (nSPS) is 8.16. The van der Waals surface area contributed by atoms with Crippen molar-refractivity contribution < 1.29 is 0 Å². The van der Waals surface area contributed by atoms with E-state index >= 15 is 0 Å². The summed E-state index contributed by atoms with van der Waals surface area (Å²) in [6.07, 6.45) is 1.03. The van der Waals surface area contributed by atoms with E-state index in [0.29, 0.717) is 0 Å². The van der Waals surface area contributed by atoms with Gasteiger partial charge in [0, 0.05) is 9.79 Å². The summed E-state index contributed by atoms with van der Waals surface area (Å²) >= 11 is 1.79. The maximum atomic E-state index is 4.50. The molecule has 0 aliphatic rings. The summed E-state index contributed by atoms with van der Waals surface area (Å²) in [7, 11) is 6.00. The predicted octanol–water partition coefficient (Wildman–Crippen LogP) is 10.8. The van der Waals surface area contributed by atoms with E-state index in [4.69, 9.17) is 0 Å². The molecule has 0 aliphatic carbocycles. The number of hydrogen-bond acceptors (Lipinski definition) is 5. The van der Waals surface area contributed by atoms with Gasteiger partial charge in [-0.25, -0.2) is 0 Å². The van der Waals surface area contributed by atoms with Crippen molar-refractivity contribution in [2.45, 2.75) is 43.9 Å². The summed E-state index contributed by atoms with van der Waals surface area (Å²) in [5.41, 5.74) is 23.3. The van der Waals surface area contributed by atoms with E-state index in [2.05, 4.69) is 181 Å². The molecule has 0 amide bonds. The van der Waals surface area contributed by atoms with Gasteiger partial charge in [-0.2, -0.15) is 0 Å². The van der Waals surface area contributed by atoms with Gasteiger partial charge in [0.1, 0.15) is 0 Å². The lowest BCUT2D eigenvalue weighted by Gasteiger charge is -2.00. The lowest BCUT2D eigenvalue weighted by Crippen LogP contribution is -1.85. The molecule has 6 aromatic rings. The average molecular weight is 693 g/mol. The second-order valence-electron chi connectivity index (χ2n) is 8.61. The minimum absolute atomic E-state index is 1.03. The summed E-state index contributed by atoms with van der Waals surface area (Å²) in [4.78, 5) is 2.57. The van der Waals surface area contributed by atoms with Gasteiger partial charge in [-0.05, 0) is 81.1 Å². The first-order valence-electron chi connectivity index (χ1n) is 17.1. The zero-order chi connectivity index (χ0) is 38.1. The Labute approximate surface area is 310 Å². The Balaban J connectivity index is -0.000000575. The molecule has 0 spiro atoms. The van der Waals surface area contributed by atoms with Crippen LogP contribution in [0.2, 0.25) is 0 Å². The van der Waals surface area contributed by atoms with Gasteiger partial charge in [0.2, 0.25) is 0 Å². The van der Waals surface area contributed by atoms with Crippen LogP contribution in [-0.2, 0) is 6.42 Å². The lowest BCUT2D eigenvalue weighted by atomic mass is 10.1. The first-order valence-corrected chi connectivity index (χ1v) is 18.0.